The van der Waals surface area contributed by atoms with Crippen molar-refractivity contribution in [3.05, 3.63) is 0 Å². The molecule has 13 unspecified atom stereocenters. The first kappa shape index (κ1) is 26.6. The zero-order chi connectivity index (χ0) is 26.8. The quantitative estimate of drug-likeness (QED) is 0.438. The molecule has 0 amide bonds. The van der Waals surface area contributed by atoms with Gasteiger partial charge in [0.2, 0.25) is 0 Å². The van der Waals surface area contributed by atoms with Crippen LogP contribution in [-0.4, -0.2) is 41.3 Å². The van der Waals surface area contributed by atoms with E-state index in [0.29, 0.717) is 30.3 Å². The molecule has 1 aliphatic heterocycles. The number of carbonyl (C=O) groups is 1. The largest absolute Gasteiger partial charge is 0.481 e. The van der Waals surface area contributed by atoms with E-state index in [1.165, 1.54) is 19.3 Å². The van der Waals surface area contributed by atoms with Crippen molar-refractivity contribution in [2.45, 2.75) is 131 Å². The van der Waals surface area contributed by atoms with Crippen molar-refractivity contribution in [2.75, 3.05) is 6.61 Å². The Kier molecular flexibility index (Phi) is 5.72. The van der Waals surface area contributed by atoms with Crippen LogP contribution in [-0.2, 0) is 14.3 Å². The van der Waals surface area contributed by atoms with E-state index in [0.717, 1.165) is 44.9 Å². The highest BCUT2D eigenvalue weighted by molar-refractivity contribution is 5.74. The van der Waals surface area contributed by atoms with E-state index < -0.39 is 17.5 Å². The van der Waals surface area contributed by atoms with E-state index in [1.807, 2.05) is 6.92 Å². The first-order valence-electron chi connectivity index (χ1n) is 15.4. The summed E-state index contributed by atoms with van der Waals surface area (Å²) in [5.74, 6) is 1.12. The molecule has 210 valence electrons. The number of hydrogen-bond donors (Lipinski definition) is 2. The summed E-state index contributed by atoms with van der Waals surface area (Å²) in [7, 11) is 0. The minimum Gasteiger partial charge on any atom is -0.481 e. The number of rotatable bonds is 3. The van der Waals surface area contributed by atoms with Gasteiger partial charge in [-0.05, 0) is 123 Å². The van der Waals surface area contributed by atoms with Crippen LogP contribution in [0.2, 0.25) is 0 Å². The second-order valence-electron chi connectivity index (χ2n) is 15.9. The Bertz CT molecular complexity index is 967. The molecule has 0 aromatic heterocycles. The van der Waals surface area contributed by atoms with Crippen molar-refractivity contribution >= 4 is 5.97 Å². The van der Waals surface area contributed by atoms with Gasteiger partial charge in [0.15, 0.2) is 6.29 Å². The molecule has 5 aliphatic carbocycles. The second-order valence-corrected chi connectivity index (χ2v) is 15.9. The van der Waals surface area contributed by atoms with Crippen LogP contribution in [0.5, 0.6) is 0 Å². The lowest BCUT2D eigenvalue weighted by Crippen LogP contribution is -2.69. The lowest BCUT2D eigenvalue weighted by atomic mass is 9.30. The van der Waals surface area contributed by atoms with Crippen molar-refractivity contribution in [2.24, 2.45) is 56.2 Å². The summed E-state index contributed by atoms with van der Waals surface area (Å²) in [6, 6.07) is 0. The Hall–Kier alpha value is -0.650. The Balaban J connectivity index is 1.40. The zero-order valence-corrected chi connectivity index (χ0v) is 24.4. The van der Waals surface area contributed by atoms with Crippen LogP contribution in [0.1, 0.15) is 113 Å². The van der Waals surface area contributed by atoms with Gasteiger partial charge in [0, 0.05) is 12.0 Å². The molecular formula is C32H52O5. The fraction of sp³-hybridized carbons (Fsp3) is 0.969. The summed E-state index contributed by atoms with van der Waals surface area (Å²) in [4.78, 5) is 12.4. The molecule has 5 saturated carbocycles. The number of carboxylic acids is 1. The molecule has 1 heterocycles. The van der Waals surface area contributed by atoms with Crippen molar-refractivity contribution < 1.29 is 24.5 Å². The smallest absolute Gasteiger partial charge is 0.309 e. The number of aliphatic hydroxyl groups is 1. The number of ether oxygens (including phenoxy) is 2. The van der Waals surface area contributed by atoms with Crippen LogP contribution < -0.4 is 0 Å². The number of fused-ring (bicyclic) bond motifs is 7. The molecule has 1 spiro atoms. The molecule has 1 saturated heterocycles. The van der Waals surface area contributed by atoms with Gasteiger partial charge in [-0.1, -0.05) is 34.6 Å². The molecule has 6 rings (SSSR count). The van der Waals surface area contributed by atoms with Gasteiger partial charge in [-0.2, -0.15) is 0 Å². The van der Waals surface area contributed by atoms with Crippen molar-refractivity contribution in [1.82, 2.24) is 0 Å². The van der Waals surface area contributed by atoms with E-state index in [-0.39, 0.29) is 39.5 Å². The third-order valence-corrected chi connectivity index (χ3v) is 14.8. The molecule has 6 aliphatic rings. The van der Waals surface area contributed by atoms with Gasteiger partial charge in [-0.15, -0.1) is 0 Å². The van der Waals surface area contributed by atoms with E-state index in [2.05, 4.69) is 41.5 Å². The summed E-state index contributed by atoms with van der Waals surface area (Å²) in [5.41, 5.74) is 0.0773. The maximum absolute atomic E-state index is 12.4. The fourth-order valence-electron chi connectivity index (χ4n) is 12.3. The zero-order valence-electron chi connectivity index (χ0n) is 24.4. The Morgan fingerprint density at radius 1 is 0.919 bits per heavy atom. The van der Waals surface area contributed by atoms with E-state index in [4.69, 9.17) is 9.47 Å². The molecular weight excluding hydrogens is 464 g/mol. The van der Waals surface area contributed by atoms with Crippen LogP contribution in [0.15, 0.2) is 0 Å². The van der Waals surface area contributed by atoms with Gasteiger partial charge >= 0.3 is 5.97 Å². The van der Waals surface area contributed by atoms with E-state index in [1.54, 1.807) is 0 Å². The van der Waals surface area contributed by atoms with Gasteiger partial charge in [-0.3, -0.25) is 4.79 Å². The first-order valence-corrected chi connectivity index (χ1v) is 15.4. The van der Waals surface area contributed by atoms with Gasteiger partial charge in [0.25, 0.3) is 0 Å². The summed E-state index contributed by atoms with van der Waals surface area (Å²) in [6.45, 7) is 17.2. The molecule has 5 nitrogen and oxygen atoms in total. The minimum absolute atomic E-state index is 0.00877. The van der Waals surface area contributed by atoms with Gasteiger partial charge in [0.05, 0.1) is 17.6 Å². The molecule has 5 heteroatoms. The standard InChI is InChI=1S/C32H52O5/c1-8-36-26-32-10-9-21-29(5,22(32)17-20(33)24(37-26)19(32)2)14-16-31(7)23-18-28(4,25(34)35)12-11-27(23,3)13-15-30(21,31)6/h19-24,26,33H,8-18H2,1-7H3,(H,34,35). The summed E-state index contributed by atoms with van der Waals surface area (Å²) in [6.07, 6.45) is 9.86. The van der Waals surface area contributed by atoms with Crippen molar-refractivity contribution in [3.8, 4) is 0 Å². The number of aliphatic carboxylic acids is 1. The lowest BCUT2D eigenvalue weighted by molar-refractivity contribution is -0.276. The second kappa shape index (κ2) is 7.97. The monoisotopic (exact) mass is 516 g/mol. The maximum atomic E-state index is 12.4. The maximum Gasteiger partial charge on any atom is 0.309 e. The number of aliphatic hydroxyl groups excluding tert-OH is 1. The first-order chi connectivity index (χ1) is 17.2. The average molecular weight is 517 g/mol. The molecule has 37 heavy (non-hydrogen) atoms. The van der Waals surface area contributed by atoms with Crippen LogP contribution in [0, 0.1) is 56.2 Å². The van der Waals surface area contributed by atoms with Crippen molar-refractivity contribution in [1.29, 1.82) is 0 Å². The molecule has 2 N–H and O–H groups in total. The summed E-state index contributed by atoms with van der Waals surface area (Å²) in [5, 5.41) is 21.5. The molecule has 0 aromatic carbocycles. The van der Waals surface area contributed by atoms with E-state index >= 15 is 0 Å². The molecule has 0 aromatic rings. The van der Waals surface area contributed by atoms with E-state index in [9.17, 15) is 15.0 Å². The molecule has 6 fully saturated rings. The van der Waals surface area contributed by atoms with Gasteiger partial charge in [0.1, 0.15) is 0 Å². The normalized spacial score (nSPS) is 60.6. The third-order valence-electron chi connectivity index (χ3n) is 14.8. The highest BCUT2D eigenvalue weighted by Crippen LogP contribution is 2.79. The topological polar surface area (TPSA) is 76.0 Å². The fourth-order valence-corrected chi connectivity index (χ4v) is 12.3. The predicted octanol–water partition coefficient (Wildman–Crippen LogP) is 6.66. The Labute approximate surface area is 224 Å². The van der Waals surface area contributed by atoms with Crippen LogP contribution in [0.4, 0.5) is 0 Å². The third kappa shape index (κ3) is 3.06. The highest BCUT2D eigenvalue weighted by atomic mass is 16.7. The molecule has 0 radical (unpaired) electrons. The predicted molar refractivity (Wildman–Crippen MR) is 143 cm³/mol. The number of carboxylic acid groups (broad SMARTS) is 1. The SMILES string of the molecule is CCOC1OC2C(O)CC3C4(C)CCC5(C)C6CC(C)(C(=O)O)CCC6(C)CCC5(C)C4CCC13C2C. The molecule has 13 atom stereocenters. The van der Waals surface area contributed by atoms with Crippen molar-refractivity contribution in [3.63, 3.8) is 0 Å². The van der Waals surface area contributed by atoms with Crippen LogP contribution in [0.3, 0.4) is 0 Å². The summed E-state index contributed by atoms with van der Waals surface area (Å²) < 4.78 is 12.8. The Morgan fingerprint density at radius 3 is 2.24 bits per heavy atom. The highest BCUT2D eigenvalue weighted by Gasteiger charge is 2.75. The van der Waals surface area contributed by atoms with Crippen LogP contribution in [0.25, 0.3) is 0 Å². The number of hydrogen-bond acceptors (Lipinski definition) is 4. The van der Waals surface area contributed by atoms with Gasteiger partial charge < -0.3 is 19.7 Å². The summed E-state index contributed by atoms with van der Waals surface area (Å²) >= 11 is 0. The Morgan fingerprint density at radius 2 is 1.57 bits per heavy atom. The lowest BCUT2D eigenvalue weighted by Gasteiger charge is -2.74. The van der Waals surface area contributed by atoms with Gasteiger partial charge in [-0.25, -0.2) is 0 Å². The average Bonchev–Trinajstić information content (AvgIpc) is 3.02. The molecule has 2 bridgehead atoms. The van der Waals surface area contributed by atoms with Crippen LogP contribution >= 0.6 is 0 Å². The minimum atomic E-state index is -0.605.